The summed E-state index contributed by atoms with van der Waals surface area (Å²) < 4.78 is 38.9. The fourth-order valence-electron chi connectivity index (χ4n) is 3.87. The minimum absolute atomic E-state index is 0.586. The van der Waals surface area contributed by atoms with Crippen molar-refractivity contribution in [1.82, 2.24) is 14.9 Å². The molecule has 160 valence electrons. The fourth-order valence-corrected chi connectivity index (χ4v) is 4.28. The maximum absolute atomic E-state index is 13.0. The molecule has 8 heteroatoms. The van der Waals surface area contributed by atoms with E-state index in [0.717, 1.165) is 67.8 Å². The highest BCUT2D eigenvalue weighted by molar-refractivity contribution is 7.97. The molecular formula is C22H25F3N4S. The summed E-state index contributed by atoms with van der Waals surface area (Å²) in [5, 5.41) is 0. The van der Waals surface area contributed by atoms with E-state index < -0.39 is 11.7 Å². The summed E-state index contributed by atoms with van der Waals surface area (Å²) in [4.78, 5) is 12.4. The van der Waals surface area contributed by atoms with Gasteiger partial charge in [-0.05, 0) is 48.6 Å². The van der Waals surface area contributed by atoms with Crippen molar-refractivity contribution in [3.8, 4) is 0 Å². The van der Waals surface area contributed by atoms with Crippen molar-refractivity contribution in [1.29, 1.82) is 0 Å². The fraction of sp³-hybridized carbons (Fsp3) is 0.409. The number of thioether (sulfide) groups is 1. The van der Waals surface area contributed by atoms with Gasteiger partial charge in [-0.25, -0.2) is 4.98 Å². The van der Waals surface area contributed by atoms with Gasteiger partial charge in [0, 0.05) is 38.4 Å². The number of halogens is 3. The minimum Gasteiger partial charge on any atom is -0.369 e. The second-order valence-electron chi connectivity index (χ2n) is 7.59. The molecule has 0 spiro atoms. The molecule has 2 heterocycles. The van der Waals surface area contributed by atoms with Crippen molar-refractivity contribution in [3.05, 3.63) is 59.4 Å². The molecule has 1 aliphatic heterocycles. The van der Waals surface area contributed by atoms with Gasteiger partial charge in [0.25, 0.3) is 0 Å². The number of benzene rings is 2. The van der Waals surface area contributed by atoms with Gasteiger partial charge in [0.2, 0.25) is 0 Å². The van der Waals surface area contributed by atoms with E-state index in [-0.39, 0.29) is 0 Å². The Bertz CT molecular complexity index is 993. The molecule has 3 aromatic rings. The highest BCUT2D eigenvalue weighted by atomic mass is 32.2. The zero-order valence-corrected chi connectivity index (χ0v) is 17.7. The van der Waals surface area contributed by atoms with Crippen molar-refractivity contribution in [2.24, 2.45) is 0 Å². The van der Waals surface area contributed by atoms with Crippen molar-refractivity contribution in [2.45, 2.75) is 18.3 Å². The molecule has 0 amide bonds. The molecule has 4 rings (SSSR count). The lowest BCUT2D eigenvalue weighted by atomic mass is 10.1. The van der Waals surface area contributed by atoms with Crippen LogP contribution in [0.2, 0.25) is 0 Å². The normalized spacial score (nSPS) is 15.8. The molecule has 2 aromatic carbocycles. The highest BCUT2D eigenvalue weighted by Gasteiger charge is 2.31. The lowest BCUT2D eigenvalue weighted by Crippen LogP contribution is -2.47. The van der Waals surface area contributed by atoms with Gasteiger partial charge in [-0.1, -0.05) is 12.1 Å². The molecule has 1 fully saturated rings. The molecule has 0 saturated carbocycles. The number of nitrogens with zero attached hydrogens (tertiary/aromatic N) is 3. The number of hydrogen-bond acceptors (Lipinski definition) is 4. The molecule has 0 radical (unpaired) electrons. The van der Waals surface area contributed by atoms with E-state index >= 15 is 0 Å². The van der Waals surface area contributed by atoms with Gasteiger partial charge >= 0.3 is 6.18 Å². The zero-order chi connectivity index (χ0) is 21.1. The third kappa shape index (κ3) is 4.92. The summed E-state index contributed by atoms with van der Waals surface area (Å²) in [5.74, 6) is 1.88. The Morgan fingerprint density at radius 1 is 1.07 bits per heavy atom. The topological polar surface area (TPSA) is 35.2 Å². The number of nitrogens with one attached hydrogen (secondary N) is 1. The first kappa shape index (κ1) is 21.1. The van der Waals surface area contributed by atoms with Gasteiger partial charge < -0.3 is 9.88 Å². The van der Waals surface area contributed by atoms with E-state index in [1.54, 1.807) is 17.8 Å². The van der Waals surface area contributed by atoms with Crippen LogP contribution in [0.5, 0.6) is 0 Å². The monoisotopic (exact) mass is 434 g/mol. The average molecular weight is 435 g/mol. The van der Waals surface area contributed by atoms with Crippen molar-refractivity contribution in [3.63, 3.8) is 0 Å². The molecule has 0 atom stereocenters. The Labute approximate surface area is 178 Å². The van der Waals surface area contributed by atoms with E-state index in [2.05, 4.69) is 39.3 Å². The molecule has 0 unspecified atom stereocenters. The Kier molecular flexibility index (Phi) is 6.24. The van der Waals surface area contributed by atoms with Crippen LogP contribution in [0.4, 0.5) is 18.9 Å². The van der Waals surface area contributed by atoms with Gasteiger partial charge in [-0.2, -0.15) is 24.9 Å². The number of piperazine rings is 1. The first-order valence-electron chi connectivity index (χ1n) is 10.0. The van der Waals surface area contributed by atoms with Crippen molar-refractivity contribution >= 4 is 28.5 Å². The second kappa shape index (κ2) is 8.89. The lowest BCUT2D eigenvalue weighted by Gasteiger charge is -2.36. The molecule has 0 bridgehead atoms. The van der Waals surface area contributed by atoms with Crippen LogP contribution in [0, 0.1) is 0 Å². The SMILES string of the molecule is CSCc1nc2ccc(CCN3CCN(c4cccc(C(F)(F)F)c4)CC3)cc2[nH]1. The van der Waals surface area contributed by atoms with E-state index in [0.29, 0.717) is 5.69 Å². The number of aromatic amines is 1. The number of hydrogen-bond donors (Lipinski definition) is 1. The molecule has 1 N–H and O–H groups in total. The van der Waals surface area contributed by atoms with Crippen molar-refractivity contribution in [2.75, 3.05) is 43.9 Å². The standard InChI is InChI=1S/C22H25F3N4S/c1-30-15-21-26-19-6-5-16(13-20(19)27-21)7-8-28-9-11-29(12-10-28)18-4-2-3-17(14-18)22(23,24)25/h2-6,13-14H,7-12,15H2,1H3,(H,26,27). The Morgan fingerprint density at radius 2 is 1.87 bits per heavy atom. The van der Waals surface area contributed by atoms with Gasteiger partial charge in [-0.3, -0.25) is 4.90 Å². The average Bonchev–Trinajstić information content (AvgIpc) is 3.14. The molecule has 4 nitrogen and oxygen atoms in total. The number of imidazole rings is 1. The maximum atomic E-state index is 13.0. The van der Waals surface area contributed by atoms with E-state index in [1.807, 2.05) is 4.90 Å². The molecule has 0 aliphatic carbocycles. The van der Waals surface area contributed by atoms with E-state index in [1.165, 1.54) is 17.7 Å². The summed E-state index contributed by atoms with van der Waals surface area (Å²) >= 11 is 1.74. The lowest BCUT2D eigenvalue weighted by molar-refractivity contribution is -0.137. The number of anilines is 1. The summed E-state index contributed by atoms with van der Waals surface area (Å²) in [5.41, 5.74) is 3.40. The zero-order valence-electron chi connectivity index (χ0n) is 16.9. The second-order valence-corrected chi connectivity index (χ2v) is 8.46. The van der Waals surface area contributed by atoms with Gasteiger partial charge in [0.15, 0.2) is 0 Å². The van der Waals surface area contributed by atoms with Crippen LogP contribution >= 0.6 is 11.8 Å². The van der Waals surface area contributed by atoms with Crippen LogP contribution in [0.3, 0.4) is 0 Å². The minimum atomic E-state index is -4.30. The van der Waals surface area contributed by atoms with Crippen LogP contribution in [0.25, 0.3) is 11.0 Å². The highest BCUT2D eigenvalue weighted by Crippen LogP contribution is 2.31. The molecule has 1 saturated heterocycles. The molecular weight excluding hydrogens is 409 g/mol. The number of rotatable bonds is 6. The maximum Gasteiger partial charge on any atom is 0.416 e. The number of fused-ring (bicyclic) bond motifs is 1. The summed E-state index contributed by atoms with van der Waals surface area (Å²) in [6, 6.07) is 12.0. The summed E-state index contributed by atoms with van der Waals surface area (Å²) in [6.07, 6.45) is -1.30. The predicted octanol–water partition coefficient (Wildman–Crippen LogP) is 4.81. The van der Waals surface area contributed by atoms with Gasteiger partial charge in [-0.15, -0.1) is 0 Å². The molecule has 30 heavy (non-hydrogen) atoms. The largest absolute Gasteiger partial charge is 0.416 e. The van der Waals surface area contributed by atoms with Crippen LogP contribution in [-0.2, 0) is 18.3 Å². The number of alkyl halides is 3. The van der Waals surface area contributed by atoms with Crippen LogP contribution < -0.4 is 4.90 Å². The van der Waals surface area contributed by atoms with Crippen LogP contribution in [0.1, 0.15) is 17.0 Å². The first-order valence-corrected chi connectivity index (χ1v) is 11.4. The van der Waals surface area contributed by atoms with Crippen LogP contribution in [0.15, 0.2) is 42.5 Å². The van der Waals surface area contributed by atoms with Gasteiger partial charge in [0.05, 0.1) is 22.3 Å². The Hall–Kier alpha value is -2.19. The Morgan fingerprint density at radius 3 is 2.60 bits per heavy atom. The quantitative estimate of drug-likeness (QED) is 0.604. The summed E-state index contributed by atoms with van der Waals surface area (Å²) in [7, 11) is 0. The number of aromatic nitrogens is 2. The predicted molar refractivity (Wildman–Crippen MR) is 117 cm³/mol. The summed E-state index contributed by atoms with van der Waals surface area (Å²) in [6.45, 7) is 4.10. The van der Waals surface area contributed by atoms with Crippen molar-refractivity contribution < 1.29 is 13.2 Å². The smallest absolute Gasteiger partial charge is 0.369 e. The first-order chi connectivity index (χ1) is 14.4. The third-order valence-electron chi connectivity index (χ3n) is 5.50. The van der Waals surface area contributed by atoms with Gasteiger partial charge in [0.1, 0.15) is 5.82 Å². The van der Waals surface area contributed by atoms with Crippen LogP contribution in [-0.4, -0.2) is 53.8 Å². The Balaban J connectivity index is 1.31. The molecule has 1 aromatic heterocycles. The van der Waals surface area contributed by atoms with E-state index in [9.17, 15) is 13.2 Å². The number of H-pyrrole nitrogens is 1. The molecule has 1 aliphatic rings. The van der Waals surface area contributed by atoms with E-state index in [4.69, 9.17) is 0 Å². The third-order valence-corrected chi connectivity index (χ3v) is 6.07.